The van der Waals surface area contributed by atoms with E-state index >= 15 is 0 Å². The van der Waals surface area contributed by atoms with Crippen LogP contribution in [0.5, 0.6) is 0 Å². The number of nitrogens with zero attached hydrogens (tertiary/aromatic N) is 4. The molecule has 2 aliphatic heterocycles. The molecule has 0 aliphatic carbocycles. The molecule has 4 rings (SSSR count). The van der Waals surface area contributed by atoms with Crippen molar-refractivity contribution < 1.29 is 55.1 Å². The van der Waals surface area contributed by atoms with E-state index in [1.54, 1.807) is 0 Å². The molecule has 43 heavy (non-hydrogen) atoms. The molecule has 236 valence electrons. The first-order valence-corrected chi connectivity index (χ1v) is 13.0. The lowest BCUT2D eigenvalue weighted by atomic mass is 9.88. The Labute approximate surface area is 267 Å². The number of carbonyl (C=O) groups excluding carboxylic acids is 2. The largest absolute Gasteiger partial charge is 0.416 e. The molecule has 0 unspecified atom stereocenters. The molecular formula is C31H38F6N4O2. The van der Waals surface area contributed by atoms with E-state index in [0.29, 0.717) is 17.9 Å². The van der Waals surface area contributed by atoms with Gasteiger partial charge in [-0.15, -0.1) is 0 Å². The maximum Gasteiger partial charge on any atom is 0.416 e. The summed E-state index contributed by atoms with van der Waals surface area (Å²) in [7, 11) is 0. The van der Waals surface area contributed by atoms with Crippen LogP contribution in [0.1, 0.15) is 92.6 Å². The van der Waals surface area contributed by atoms with Crippen molar-refractivity contribution in [3.8, 4) is 0 Å². The summed E-state index contributed by atoms with van der Waals surface area (Å²) >= 11 is 0. The minimum absolute atomic E-state index is 0.0214. The highest BCUT2D eigenvalue weighted by Gasteiger charge is 2.40. The van der Waals surface area contributed by atoms with E-state index in [9.17, 15) is 35.9 Å². The molecule has 3 amide bonds. The molecule has 0 bridgehead atoms. The van der Waals surface area contributed by atoms with E-state index in [1.807, 2.05) is 0 Å². The van der Waals surface area contributed by atoms with Gasteiger partial charge in [-0.1, -0.05) is 6.07 Å². The van der Waals surface area contributed by atoms with Crippen LogP contribution in [0.2, 0.25) is 0 Å². The van der Waals surface area contributed by atoms with Crippen LogP contribution < -0.4 is 0 Å². The van der Waals surface area contributed by atoms with Crippen molar-refractivity contribution >= 4 is 11.9 Å². The normalized spacial score (nSPS) is 31.2. The third-order valence-electron chi connectivity index (χ3n) is 7.23. The van der Waals surface area contributed by atoms with Crippen molar-refractivity contribution in [2.45, 2.75) is 70.7 Å². The van der Waals surface area contributed by atoms with Crippen molar-refractivity contribution in [3.05, 3.63) is 70.0 Å². The lowest BCUT2D eigenvalue weighted by molar-refractivity contribution is -0.138. The molecule has 2 saturated heterocycles. The molecule has 0 aromatic heterocycles. The average Bonchev–Trinajstić information content (AvgIpc) is 2.99. The third kappa shape index (κ3) is 7.27. The van der Waals surface area contributed by atoms with Gasteiger partial charge in [-0.05, 0) is 73.6 Å². The summed E-state index contributed by atoms with van der Waals surface area (Å²) in [6, 6.07) is -4.31. The van der Waals surface area contributed by atoms with Gasteiger partial charge >= 0.3 is 12.2 Å². The first-order chi connectivity index (χ1) is 25.4. The number of piperazine rings is 1. The van der Waals surface area contributed by atoms with Crippen LogP contribution in [0, 0.1) is 12.7 Å². The summed E-state index contributed by atoms with van der Waals surface area (Å²) < 4.78 is 204. The van der Waals surface area contributed by atoms with Gasteiger partial charge in [0.05, 0.1) is 23.1 Å². The van der Waals surface area contributed by atoms with E-state index in [1.165, 1.54) is 6.92 Å². The van der Waals surface area contributed by atoms with Crippen LogP contribution in [0.4, 0.5) is 31.1 Å². The van der Waals surface area contributed by atoms with Gasteiger partial charge < -0.3 is 14.7 Å². The van der Waals surface area contributed by atoms with Crippen LogP contribution in [-0.2, 0) is 16.9 Å². The zero-order valence-electron chi connectivity index (χ0n) is 37.2. The van der Waals surface area contributed by atoms with Crippen molar-refractivity contribution in [1.29, 1.82) is 0 Å². The van der Waals surface area contributed by atoms with E-state index in [2.05, 4.69) is 0 Å². The monoisotopic (exact) mass is 626 g/mol. The molecular weight excluding hydrogens is 574 g/mol. The second-order valence-corrected chi connectivity index (χ2v) is 10.3. The standard InChI is InChI=1S/C31H38F6N4O2/c1-19-14-25(32)6-7-27(19)28-18-26(40-12-10-39(11-13-40)21(3)42)8-9-41(28)29(43)38(5)20(2)22-15-23(30(4,33)34)17-24(16-22)31(35,36)37/h6-7,14-17,20,26,28H,8-13,18H2,1-5H3/t20-,26+,28-/m1/s1/i2D3,5D3,10D2,11D2,12D2,13D2. The maximum absolute atomic E-state index is 14.7. The van der Waals surface area contributed by atoms with Gasteiger partial charge in [-0.25, -0.2) is 18.0 Å². The smallest absolute Gasteiger partial charge is 0.340 e. The van der Waals surface area contributed by atoms with Crippen LogP contribution in [0.25, 0.3) is 0 Å². The van der Waals surface area contributed by atoms with Crippen molar-refractivity contribution in [2.75, 3.05) is 39.5 Å². The summed E-state index contributed by atoms with van der Waals surface area (Å²) in [6.07, 6.45) is -6.67. The highest BCUT2D eigenvalue weighted by Crippen LogP contribution is 2.39. The minimum atomic E-state index is -5.35. The first kappa shape index (κ1) is 18.5. The first-order valence-electron chi connectivity index (χ1n) is 20.0. The molecule has 3 atom stereocenters. The van der Waals surface area contributed by atoms with Crippen LogP contribution >= 0.6 is 0 Å². The Kier molecular flexibility index (Phi) is 5.33. The molecule has 0 spiro atoms. The lowest BCUT2D eigenvalue weighted by Crippen LogP contribution is -2.56. The molecule has 2 fully saturated rings. The lowest BCUT2D eigenvalue weighted by Gasteiger charge is -2.47. The Bertz CT molecular complexity index is 1830. The number of piperidine rings is 1. The molecule has 2 aromatic rings. The van der Waals surface area contributed by atoms with Gasteiger partial charge in [-0.3, -0.25) is 9.69 Å². The molecule has 0 saturated carbocycles. The van der Waals surface area contributed by atoms with Gasteiger partial charge in [0.2, 0.25) is 5.91 Å². The second-order valence-electron chi connectivity index (χ2n) is 10.3. The zero-order chi connectivity index (χ0) is 44.0. The second kappa shape index (κ2) is 12.4. The molecule has 2 aromatic carbocycles. The average molecular weight is 627 g/mol. The highest BCUT2D eigenvalue weighted by molar-refractivity contribution is 5.76. The number of benzene rings is 2. The summed E-state index contributed by atoms with van der Waals surface area (Å²) in [4.78, 5) is 27.5. The number of hydrogen-bond donors (Lipinski definition) is 0. The number of amides is 3. The van der Waals surface area contributed by atoms with Gasteiger partial charge in [0.25, 0.3) is 5.92 Å². The molecule has 2 aliphatic rings. The number of halogens is 6. The Morgan fingerprint density at radius 3 is 2.28 bits per heavy atom. The van der Waals surface area contributed by atoms with E-state index in [4.69, 9.17) is 19.2 Å². The Morgan fingerprint density at radius 1 is 1.05 bits per heavy atom. The topological polar surface area (TPSA) is 47.1 Å². The molecule has 2 heterocycles. The summed E-state index contributed by atoms with van der Waals surface area (Å²) in [5.74, 6) is -6.19. The number of rotatable bonds is 5. The van der Waals surface area contributed by atoms with Crippen LogP contribution in [0.3, 0.4) is 0 Å². The third-order valence-corrected chi connectivity index (χ3v) is 7.23. The fraction of sp³-hybridized carbons (Fsp3) is 0.548. The summed E-state index contributed by atoms with van der Waals surface area (Å²) in [5.41, 5.74) is -4.25. The van der Waals surface area contributed by atoms with E-state index in [-0.39, 0.29) is 44.9 Å². The number of urea groups is 1. The SMILES string of the molecule is [2H]C([2H])([2H])[C@H](c1cc(C(C)(F)F)cc(C(F)(F)F)c1)N(C(=O)N1CC[C@H](N2C([2H])([2H])C([2H])([2H])N(C(C)=O)C([2H])([2H])C2([2H])[2H])C[C@@H]1c1ccc(F)cc1C)C([2H])([2H])[2H]. The molecule has 6 nitrogen and oxygen atoms in total. The van der Waals surface area contributed by atoms with Crippen molar-refractivity contribution in [1.82, 2.24) is 19.6 Å². The quantitative estimate of drug-likeness (QED) is 0.345. The number of alkyl halides is 5. The molecule has 0 radical (unpaired) electrons. The maximum atomic E-state index is 14.7. The van der Waals surface area contributed by atoms with E-state index < -0.39 is 124 Å². The fourth-order valence-electron chi connectivity index (χ4n) is 4.95. The summed E-state index contributed by atoms with van der Waals surface area (Å²) in [6.45, 7) is -20.2. The summed E-state index contributed by atoms with van der Waals surface area (Å²) in [5, 5.41) is 0. The number of likely N-dealkylation sites (tertiary alicyclic amines) is 1. The molecule has 12 heteroatoms. The Morgan fingerprint density at radius 2 is 1.72 bits per heavy atom. The molecule has 0 N–H and O–H groups in total. The Balaban J connectivity index is 1.95. The predicted molar refractivity (Wildman–Crippen MR) is 150 cm³/mol. The predicted octanol–water partition coefficient (Wildman–Crippen LogP) is 6.75. The highest BCUT2D eigenvalue weighted by atomic mass is 19.4. The van der Waals surface area contributed by atoms with Gasteiger partial charge in [0.1, 0.15) is 5.82 Å². The number of aryl methyl sites for hydroxylation is 1. The van der Waals surface area contributed by atoms with Crippen LogP contribution in [0.15, 0.2) is 36.4 Å². The Hall–Kier alpha value is -3.28. The zero-order valence-corrected chi connectivity index (χ0v) is 23.2. The van der Waals surface area contributed by atoms with Gasteiger partial charge in [0.15, 0.2) is 0 Å². The minimum Gasteiger partial charge on any atom is -0.340 e. The van der Waals surface area contributed by atoms with Crippen molar-refractivity contribution in [3.63, 3.8) is 0 Å². The fourth-order valence-corrected chi connectivity index (χ4v) is 4.95. The van der Waals surface area contributed by atoms with Gasteiger partial charge in [0, 0.05) is 78.7 Å². The number of hydrogen-bond acceptors (Lipinski definition) is 3. The number of carbonyl (C=O) groups is 2. The van der Waals surface area contributed by atoms with Gasteiger partial charge in [-0.2, -0.15) is 13.2 Å². The van der Waals surface area contributed by atoms with Crippen LogP contribution in [-0.4, -0.2) is 77.1 Å². The van der Waals surface area contributed by atoms with E-state index in [0.717, 1.165) is 18.2 Å². The van der Waals surface area contributed by atoms with Crippen molar-refractivity contribution in [2.24, 2.45) is 0 Å².